The van der Waals surface area contributed by atoms with E-state index >= 15 is 0 Å². The van der Waals surface area contributed by atoms with Gasteiger partial charge in [-0.15, -0.1) is 0 Å². The maximum atomic E-state index is 13.5. The molecule has 6 rings (SSSR count). The smallest absolute Gasteiger partial charge is 0.273 e. The summed E-state index contributed by atoms with van der Waals surface area (Å²) in [7, 11) is 0. The normalized spacial score (nSPS) is 16.6. The fraction of sp³-hybridized carbons (Fsp3) is 0.120. The molecule has 0 spiro atoms. The van der Waals surface area contributed by atoms with Crippen LogP contribution in [-0.2, 0) is 6.54 Å². The van der Waals surface area contributed by atoms with Crippen molar-refractivity contribution in [2.24, 2.45) is 0 Å². The van der Waals surface area contributed by atoms with Crippen LogP contribution in [0.2, 0.25) is 0 Å². The van der Waals surface area contributed by atoms with E-state index in [0.29, 0.717) is 18.0 Å². The summed E-state index contributed by atoms with van der Waals surface area (Å²) in [5.41, 5.74) is 5.30. The van der Waals surface area contributed by atoms with E-state index in [-0.39, 0.29) is 18.7 Å². The van der Waals surface area contributed by atoms with E-state index in [1.807, 2.05) is 71.6 Å². The van der Waals surface area contributed by atoms with Gasteiger partial charge in [0.15, 0.2) is 11.5 Å². The number of hydrogen-bond acceptors (Lipinski definition) is 4. The number of carbonyl (C=O) groups excluding carboxylic acids is 1. The van der Waals surface area contributed by atoms with Crippen LogP contribution in [0.5, 0.6) is 11.5 Å². The van der Waals surface area contributed by atoms with Gasteiger partial charge in [-0.3, -0.25) is 9.89 Å². The number of ether oxygens (including phenoxy) is 2. The van der Waals surface area contributed by atoms with Gasteiger partial charge in [-0.25, -0.2) is 0 Å². The summed E-state index contributed by atoms with van der Waals surface area (Å²) in [6, 6.07) is 25.7. The lowest BCUT2D eigenvalue weighted by atomic mass is 9.96. The topological polar surface area (TPSA) is 67.5 Å². The van der Waals surface area contributed by atoms with Crippen LogP contribution in [0.4, 0.5) is 0 Å². The number of benzene rings is 3. The van der Waals surface area contributed by atoms with Gasteiger partial charge in [0, 0.05) is 17.7 Å². The number of aromatic nitrogens is 2. The number of fused-ring (bicyclic) bond motifs is 2. The molecule has 1 atom stereocenters. The minimum absolute atomic E-state index is 0.0591. The van der Waals surface area contributed by atoms with Gasteiger partial charge >= 0.3 is 0 Å². The number of H-pyrrole nitrogens is 1. The average molecular weight is 409 g/mol. The molecule has 1 unspecified atom stereocenters. The molecule has 1 aromatic heterocycles. The summed E-state index contributed by atoms with van der Waals surface area (Å²) in [6.45, 7) is 0.677. The zero-order valence-electron chi connectivity index (χ0n) is 16.6. The van der Waals surface area contributed by atoms with Crippen LogP contribution in [0.3, 0.4) is 0 Å². The quantitative estimate of drug-likeness (QED) is 0.537. The molecule has 2 aliphatic rings. The minimum atomic E-state index is -0.233. The van der Waals surface area contributed by atoms with Crippen molar-refractivity contribution in [2.75, 3.05) is 6.79 Å². The Morgan fingerprint density at radius 2 is 1.68 bits per heavy atom. The highest BCUT2D eigenvalue weighted by atomic mass is 16.7. The fourth-order valence-electron chi connectivity index (χ4n) is 4.39. The standard InChI is InChI=1S/C25H19N3O3/c29-25-23-21(22(26-27-23)17-7-3-1-4-8-17)24(18-9-5-2-6-10-18)28(25)14-16-11-12-19-20(13-16)31-15-30-19/h1-13,24H,14-15H2,(H,26,27). The van der Waals surface area contributed by atoms with Gasteiger partial charge in [0.1, 0.15) is 5.69 Å². The molecule has 0 bridgehead atoms. The highest BCUT2D eigenvalue weighted by Crippen LogP contribution is 2.44. The summed E-state index contributed by atoms with van der Waals surface area (Å²) in [5, 5.41) is 7.52. The number of rotatable bonds is 4. The first-order valence-corrected chi connectivity index (χ1v) is 10.2. The Morgan fingerprint density at radius 3 is 2.48 bits per heavy atom. The van der Waals surface area contributed by atoms with Gasteiger partial charge in [-0.2, -0.15) is 5.10 Å². The Morgan fingerprint density at radius 1 is 0.935 bits per heavy atom. The van der Waals surface area contributed by atoms with Gasteiger partial charge in [0.2, 0.25) is 6.79 Å². The molecule has 0 saturated carbocycles. The first kappa shape index (κ1) is 17.8. The van der Waals surface area contributed by atoms with E-state index in [2.05, 4.69) is 22.3 Å². The molecule has 6 nitrogen and oxygen atoms in total. The van der Waals surface area contributed by atoms with Crippen molar-refractivity contribution in [1.29, 1.82) is 0 Å². The third kappa shape index (κ3) is 2.87. The van der Waals surface area contributed by atoms with Crippen molar-refractivity contribution in [1.82, 2.24) is 15.1 Å². The van der Waals surface area contributed by atoms with Crippen LogP contribution in [0.1, 0.15) is 33.2 Å². The lowest BCUT2D eigenvalue weighted by Gasteiger charge is -2.26. The second kappa shape index (κ2) is 7.02. The van der Waals surface area contributed by atoms with Crippen LogP contribution >= 0.6 is 0 Å². The first-order valence-electron chi connectivity index (χ1n) is 10.2. The highest BCUT2D eigenvalue weighted by molar-refractivity contribution is 6.00. The average Bonchev–Trinajstić information content (AvgIpc) is 3.52. The molecule has 3 heterocycles. The molecule has 1 amide bonds. The molecular formula is C25H19N3O3. The maximum Gasteiger partial charge on any atom is 0.273 e. The van der Waals surface area contributed by atoms with Crippen molar-refractivity contribution in [2.45, 2.75) is 12.6 Å². The van der Waals surface area contributed by atoms with Gasteiger partial charge in [0.05, 0.1) is 11.7 Å². The van der Waals surface area contributed by atoms with E-state index in [1.165, 1.54) is 0 Å². The van der Waals surface area contributed by atoms with Crippen molar-refractivity contribution < 1.29 is 14.3 Å². The van der Waals surface area contributed by atoms with Crippen molar-refractivity contribution >= 4 is 5.91 Å². The Balaban J connectivity index is 1.45. The summed E-state index contributed by atoms with van der Waals surface area (Å²) in [5.74, 6) is 1.39. The predicted molar refractivity (Wildman–Crippen MR) is 115 cm³/mol. The molecular weight excluding hydrogens is 390 g/mol. The molecule has 3 aromatic carbocycles. The van der Waals surface area contributed by atoms with E-state index in [9.17, 15) is 4.79 Å². The number of carbonyl (C=O) groups is 1. The van der Waals surface area contributed by atoms with Crippen LogP contribution in [0.15, 0.2) is 78.9 Å². The summed E-state index contributed by atoms with van der Waals surface area (Å²) < 4.78 is 10.9. The zero-order valence-corrected chi connectivity index (χ0v) is 16.6. The van der Waals surface area contributed by atoms with Gasteiger partial charge in [0.25, 0.3) is 5.91 Å². The lowest BCUT2D eigenvalue weighted by Crippen LogP contribution is -2.29. The van der Waals surface area contributed by atoms with Crippen molar-refractivity contribution in [3.63, 3.8) is 0 Å². The molecule has 4 aromatic rings. The first-order chi connectivity index (χ1) is 15.3. The molecule has 152 valence electrons. The van der Waals surface area contributed by atoms with Gasteiger partial charge < -0.3 is 14.4 Å². The zero-order chi connectivity index (χ0) is 20.8. The molecule has 0 aliphatic carbocycles. The molecule has 6 heteroatoms. The Labute approximate surface area is 179 Å². The third-order valence-corrected chi connectivity index (χ3v) is 5.82. The van der Waals surface area contributed by atoms with Gasteiger partial charge in [-0.05, 0) is 23.3 Å². The number of aromatic amines is 1. The monoisotopic (exact) mass is 409 g/mol. The Kier molecular flexibility index (Phi) is 4.02. The fourth-order valence-corrected chi connectivity index (χ4v) is 4.39. The highest BCUT2D eigenvalue weighted by Gasteiger charge is 2.42. The lowest BCUT2D eigenvalue weighted by molar-refractivity contribution is 0.0730. The Bertz CT molecular complexity index is 1270. The van der Waals surface area contributed by atoms with Crippen LogP contribution in [0.25, 0.3) is 11.3 Å². The molecule has 0 saturated heterocycles. The molecule has 0 radical (unpaired) electrons. The van der Waals surface area contributed by atoms with Gasteiger partial charge in [-0.1, -0.05) is 66.7 Å². The minimum Gasteiger partial charge on any atom is -0.454 e. The number of hydrogen-bond donors (Lipinski definition) is 1. The number of amides is 1. The van der Waals surface area contributed by atoms with Crippen LogP contribution in [-0.4, -0.2) is 27.8 Å². The molecule has 2 aliphatic heterocycles. The third-order valence-electron chi connectivity index (χ3n) is 5.82. The van der Waals surface area contributed by atoms with Crippen LogP contribution in [0, 0.1) is 0 Å². The summed E-state index contributed by atoms with van der Waals surface area (Å²) in [4.78, 5) is 15.4. The second-order valence-electron chi connectivity index (χ2n) is 7.66. The van der Waals surface area contributed by atoms with Crippen LogP contribution < -0.4 is 9.47 Å². The summed E-state index contributed by atoms with van der Waals surface area (Å²) >= 11 is 0. The van der Waals surface area contributed by atoms with Crippen molar-refractivity contribution in [3.05, 3.63) is 101 Å². The SMILES string of the molecule is O=C1c2[nH]nc(-c3ccccc3)c2C(c2ccccc2)N1Cc1ccc2c(c1)OCO2. The summed E-state index contributed by atoms with van der Waals surface area (Å²) in [6.07, 6.45) is 0. The van der Waals surface area contributed by atoms with E-state index in [0.717, 1.165) is 33.7 Å². The predicted octanol–water partition coefficient (Wildman–Crippen LogP) is 4.55. The second-order valence-corrected chi connectivity index (χ2v) is 7.66. The molecule has 31 heavy (non-hydrogen) atoms. The Hall–Kier alpha value is -4.06. The van der Waals surface area contributed by atoms with E-state index in [4.69, 9.17) is 9.47 Å². The largest absolute Gasteiger partial charge is 0.454 e. The number of nitrogens with one attached hydrogen (secondary N) is 1. The van der Waals surface area contributed by atoms with Crippen molar-refractivity contribution in [3.8, 4) is 22.8 Å². The number of nitrogens with zero attached hydrogens (tertiary/aromatic N) is 2. The maximum absolute atomic E-state index is 13.5. The molecule has 0 fully saturated rings. The molecule has 1 N–H and O–H groups in total. The van der Waals surface area contributed by atoms with E-state index in [1.54, 1.807) is 0 Å². The van der Waals surface area contributed by atoms with E-state index < -0.39 is 0 Å².